The van der Waals surface area contributed by atoms with Gasteiger partial charge in [-0.05, 0) is 12.3 Å². The third-order valence-corrected chi connectivity index (χ3v) is 3.70. The van der Waals surface area contributed by atoms with E-state index >= 15 is 0 Å². The molecule has 0 bridgehead atoms. The zero-order valence-electron chi connectivity index (χ0n) is 11.0. The van der Waals surface area contributed by atoms with E-state index in [1.807, 2.05) is 6.07 Å². The molecule has 0 amide bonds. The molecule has 4 heteroatoms. The van der Waals surface area contributed by atoms with Crippen LogP contribution in [0.5, 0.6) is 0 Å². The Bertz CT molecular complexity index is 323. The zero-order valence-corrected chi connectivity index (χ0v) is 11.0. The quantitative estimate of drug-likeness (QED) is 0.868. The second-order valence-corrected chi connectivity index (χ2v) is 5.24. The first kappa shape index (κ1) is 12.6. The van der Waals surface area contributed by atoms with E-state index in [0.717, 1.165) is 25.3 Å². The van der Waals surface area contributed by atoms with Crippen LogP contribution in [0, 0.1) is 5.92 Å². The van der Waals surface area contributed by atoms with Crippen molar-refractivity contribution in [3.8, 4) is 0 Å². The third kappa shape index (κ3) is 3.07. The fourth-order valence-electron chi connectivity index (χ4n) is 2.45. The van der Waals surface area contributed by atoms with Crippen LogP contribution in [0.25, 0.3) is 0 Å². The van der Waals surface area contributed by atoms with Crippen molar-refractivity contribution in [1.82, 2.24) is 15.4 Å². The molecule has 0 saturated carbocycles. The van der Waals surface area contributed by atoms with Gasteiger partial charge in [0.15, 0.2) is 0 Å². The fourth-order valence-corrected chi connectivity index (χ4v) is 2.45. The van der Waals surface area contributed by atoms with Crippen molar-refractivity contribution in [3.63, 3.8) is 0 Å². The average molecular weight is 237 g/mol. The molecule has 0 spiro atoms. The molecule has 0 aliphatic carbocycles. The first-order valence-electron chi connectivity index (χ1n) is 6.57. The highest BCUT2D eigenvalue weighted by atomic mass is 16.5. The van der Waals surface area contributed by atoms with Crippen molar-refractivity contribution >= 4 is 0 Å². The van der Waals surface area contributed by atoms with Gasteiger partial charge in [-0.1, -0.05) is 25.9 Å². The highest BCUT2D eigenvalue weighted by Gasteiger charge is 2.28. The van der Waals surface area contributed by atoms with Crippen LogP contribution >= 0.6 is 0 Å². The van der Waals surface area contributed by atoms with Crippen molar-refractivity contribution in [1.29, 1.82) is 0 Å². The van der Waals surface area contributed by atoms with Gasteiger partial charge in [0, 0.05) is 37.8 Å². The van der Waals surface area contributed by atoms with Crippen LogP contribution in [0.15, 0.2) is 16.9 Å². The molecule has 2 heterocycles. The highest BCUT2D eigenvalue weighted by Crippen LogP contribution is 2.17. The van der Waals surface area contributed by atoms with Crippen LogP contribution in [0.1, 0.15) is 32.9 Å². The lowest BCUT2D eigenvalue weighted by atomic mass is 9.98. The maximum absolute atomic E-state index is 4.91. The number of nitrogens with zero attached hydrogens (tertiary/aromatic N) is 2. The second kappa shape index (κ2) is 5.65. The van der Waals surface area contributed by atoms with Gasteiger partial charge in [-0.3, -0.25) is 4.90 Å². The minimum absolute atomic E-state index is 0.588. The first-order chi connectivity index (χ1) is 8.20. The summed E-state index contributed by atoms with van der Waals surface area (Å²) in [5.74, 6) is 0.674. The lowest BCUT2D eigenvalue weighted by molar-refractivity contribution is 0.101. The number of hydrogen-bond acceptors (Lipinski definition) is 4. The molecular weight excluding hydrogens is 214 g/mol. The molecule has 2 rings (SSSR count). The van der Waals surface area contributed by atoms with Gasteiger partial charge in [0.25, 0.3) is 0 Å². The Morgan fingerprint density at radius 2 is 2.41 bits per heavy atom. The summed E-state index contributed by atoms with van der Waals surface area (Å²) in [5.41, 5.74) is 1.04. The first-order valence-corrected chi connectivity index (χ1v) is 6.57. The van der Waals surface area contributed by atoms with E-state index in [0.29, 0.717) is 18.0 Å². The van der Waals surface area contributed by atoms with Crippen molar-refractivity contribution in [2.75, 3.05) is 13.1 Å². The summed E-state index contributed by atoms with van der Waals surface area (Å²) in [6.45, 7) is 9.88. The smallest absolute Gasteiger partial charge is 0.124 e. The number of aromatic nitrogens is 1. The minimum Gasteiger partial charge on any atom is -0.364 e. The van der Waals surface area contributed by atoms with Gasteiger partial charge in [0.05, 0.1) is 5.69 Å². The molecule has 4 nitrogen and oxygen atoms in total. The summed E-state index contributed by atoms with van der Waals surface area (Å²) in [6.07, 6.45) is 2.83. The van der Waals surface area contributed by atoms with E-state index < -0.39 is 0 Å². The second-order valence-electron chi connectivity index (χ2n) is 5.24. The largest absolute Gasteiger partial charge is 0.364 e. The van der Waals surface area contributed by atoms with E-state index in [1.165, 1.54) is 6.42 Å². The van der Waals surface area contributed by atoms with Gasteiger partial charge in [0.2, 0.25) is 0 Å². The van der Waals surface area contributed by atoms with Crippen LogP contribution in [0.2, 0.25) is 0 Å². The van der Waals surface area contributed by atoms with E-state index in [-0.39, 0.29) is 0 Å². The molecule has 1 aromatic heterocycles. The Morgan fingerprint density at radius 3 is 3.00 bits per heavy atom. The van der Waals surface area contributed by atoms with Gasteiger partial charge in [-0.25, -0.2) is 0 Å². The maximum atomic E-state index is 4.91. The topological polar surface area (TPSA) is 41.3 Å². The molecule has 96 valence electrons. The molecule has 1 saturated heterocycles. The molecular formula is C13H23N3O. The number of nitrogens with one attached hydrogen (secondary N) is 1. The van der Waals surface area contributed by atoms with E-state index in [1.54, 1.807) is 6.26 Å². The summed E-state index contributed by atoms with van der Waals surface area (Å²) in [4.78, 5) is 2.53. The summed E-state index contributed by atoms with van der Waals surface area (Å²) in [7, 11) is 0. The minimum atomic E-state index is 0.588. The molecule has 0 radical (unpaired) electrons. The molecule has 2 atom stereocenters. The molecule has 17 heavy (non-hydrogen) atoms. The molecule has 1 fully saturated rings. The Balaban J connectivity index is 1.99. The van der Waals surface area contributed by atoms with Crippen molar-refractivity contribution in [2.45, 2.75) is 45.8 Å². The van der Waals surface area contributed by atoms with E-state index in [2.05, 4.69) is 36.1 Å². The van der Waals surface area contributed by atoms with Crippen molar-refractivity contribution in [2.24, 2.45) is 5.92 Å². The van der Waals surface area contributed by atoms with Crippen LogP contribution in [-0.4, -0.2) is 35.2 Å². The van der Waals surface area contributed by atoms with E-state index in [9.17, 15) is 0 Å². The van der Waals surface area contributed by atoms with Crippen molar-refractivity contribution in [3.05, 3.63) is 18.0 Å². The van der Waals surface area contributed by atoms with E-state index in [4.69, 9.17) is 4.52 Å². The number of hydrogen-bond donors (Lipinski definition) is 1. The number of rotatable bonds is 4. The van der Waals surface area contributed by atoms with Gasteiger partial charge in [-0.15, -0.1) is 0 Å². The van der Waals surface area contributed by atoms with Crippen LogP contribution in [0.4, 0.5) is 0 Å². The van der Waals surface area contributed by atoms with Crippen LogP contribution < -0.4 is 5.32 Å². The normalized spacial score (nSPS) is 26.6. The predicted octanol–water partition coefficient (Wildman–Crippen LogP) is 1.88. The SMILES string of the molecule is CCC1CNC(C(C)C)CN1Cc1ccon1. The Kier molecular flexibility index (Phi) is 4.18. The summed E-state index contributed by atoms with van der Waals surface area (Å²) < 4.78 is 4.91. The van der Waals surface area contributed by atoms with Gasteiger partial charge in [-0.2, -0.15) is 0 Å². The molecule has 1 aromatic rings. The van der Waals surface area contributed by atoms with Crippen LogP contribution in [0.3, 0.4) is 0 Å². The maximum Gasteiger partial charge on any atom is 0.124 e. The highest BCUT2D eigenvalue weighted by molar-refractivity contribution is 4.98. The number of piperazine rings is 1. The Labute approximate surface area is 103 Å². The molecule has 2 unspecified atom stereocenters. The molecule has 1 aliphatic heterocycles. The van der Waals surface area contributed by atoms with Crippen molar-refractivity contribution < 1.29 is 4.52 Å². The lowest BCUT2D eigenvalue weighted by Crippen LogP contribution is -2.57. The molecule has 0 aromatic carbocycles. The third-order valence-electron chi connectivity index (χ3n) is 3.70. The van der Waals surface area contributed by atoms with Crippen LogP contribution in [-0.2, 0) is 6.54 Å². The lowest BCUT2D eigenvalue weighted by Gasteiger charge is -2.41. The standard InChI is InChI=1S/C13H23N3O/c1-4-12-7-14-13(10(2)3)9-16(12)8-11-5-6-17-15-11/h5-6,10,12-14H,4,7-9H2,1-3H3. The summed E-state index contributed by atoms with van der Waals surface area (Å²) in [5, 5.41) is 7.66. The van der Waals surface area contributed by atoms with Gasteiger partial charge in [0.1, 0.15) is 6.26 Å². The Hall–Kier alpha value is -0.870. The monoisotopic (exact) mass is 237 g/mol. The average Bonchev–Trinajstić information content (AvgIpc) is 2.81. The molecule has 1 N–H and O–H groups in total. The van der Waals surface area contributed by atoms with Gasteiger partial charge < -0.3 is 9.84 Å². The predicted molar refractivity (Wildman–Crippen MR) is 67.6 cm³/mol. The fraction of sp³-hybridized carbons (Fsp3) is 0.769. The van der Waals surface area contributed by atoms with Gasteiger partial charge >= 0.3 is 0 Å². The summed E-state index contributed by atoms with van der Waals surface area (Å²) >= 11 is 0. The molecule has 1 aliphatic rings. The summed E-state index contributed by atoms with van der Waals surface area (Å²) in [6, 6.07) is 3.16. The zero-order chi connectivity index (χ0) is 12.3. The Morgan fingerprint density at radius 1 is 1.59 bits per heavy atom.